The van der Waals surface area contributed by atoms with Crippen LogP contribution < -0.4 is 16.6 Å². The highest BCUT2D eigenvalue weighted by Gasteiger charge is 2.30. The molecule has 26 heavy (non-hydrogen) atoms. The molecule has 0 fully saturated rings. The molecule has 0 radical (unpaired) electrons. The molecule has 1 heterocycles. The lowest BCUT2D eigenvalue weighted by atomic mass is 10.0. The number of halogens is 3. The minimum Gasteiger partial charge on any atom is -0.388 e. The predicted octanol–water partition coefficient (Wildman–Crippen LogP) is 3.48. The first kappa shape index (κ1) is 21.2. The number of anilines is 1. The fourth-order valence-electron chi connectivity index (χ4n) is 2.22. The molecule has 0 saturated heterocycles. The number of alkyl halides is 3. The molecule has 1 aromatic heterocycles. The summed E-state index contributed by atoms with van der Waals surface area (Å²) < 4.78 is 38.1. The molecular formula is C18H21F3N4O. The van der Waals surface area contributed by atoms with Crippen molar-refractivity contribution in [2.45, 2.75) is 19.5 Å². The van der Waals surface area contributed by atoms with Crippen LogP contribution in [0.3, 0.4) is 0 Å². The Hall–Kier alpha value is -2.87. The Morgan fingerprint density at radius 1 is 1.23 bits per heavy atom. The van der Waals surface area contributed by atoms with Gasteiger partial charge in [0.15, 0.2) is 0 Å². The third-order valence-corrected chi connectivity index (χ3v) is 3.44. The van der Waals surface area contributed by atoms with Crippen molar-refractivity contribution in [3.05, 3.63) is 58.9 Å². The van der Waals surface area contributed by atoms with E-state index in [9.17, 15) is 13.2 Å². The first-order chi connectivity index (χ1) is 12.4. The fraction of sp³-hybridized carbons (Fsp3) is 0.222. The van der Waals surface area contributed by atoms with Gasteiger partial charge in [-0.1, -0.05) is 25.1 Å². The highest BCUT2D eigenvalue weighted by atomic mass is 19.4. The number of hydrogen-bond acceptors (Lipinski definition) is 4. The van der Waals surface area contributed by atoms with Crippen LogP contribution in [0, 0.1) is 0 Å². The van der Waals surface area contributed by atoms with Crippen LogP contribution in [0.1, 0.15) is 29.3 Å². The molecule has 0 unspecified atom stereocenters. The highest BCUT2D eigenvalue weighted by Crippen LogP contribution is 2.29. The molecule has 0 aliphatic carbocycles. The molecule has 0 aliphatic heterocycles. The zero-order valence-corrected chi connectivity index (χ0v) is 14.5. The number of aryl methyl sites for hydroxylation is 1. The average molecular weight is 366 g/mol. The number of carbonyl (C=O) groups is 1. The molecule has 5 nitrogen and oxygen atoms in total. The smallest absolute Gasteiger partial charge is 0.388 e. The number of pyridine rings is 1. The van der Waals surface area contributed by atoms with Crippen molar-refractivity contribution >= 4 is 24.2 Å². The van der Waals surface area contributed by atoms with Crippen LogP contribution in [-0.2, 0) is 17.4 Å². The molecule has 0 aliphatic rings. The number of aromatic nitrogens is 1. The van der Waals surface area contributed by atoms with Gasteiger partial charge in [-0.05, 0) is 36.3 Å². The molecule has 2 aromatic rings. The largest absolute Gasteiger partial charge is 0.416 e. The zero-order chi connectivity index (χ0) is 19.6. The number of nitrogens with two attached hydrogens (primary N) is 1. The Morgan fingerprint density at radius 3 is 2.46 bits per heavy atom. The van der Waals surface area contributed by atoms with Crippen molar-refractivity contribution in [1.29, 1.82) is 0 Å². The highest BCUT2D eigenvalue weighted by molar-refractivity contribution is 5.77. The number of hydrogen-bond donors (Lipinski definition) is 3. The summed E-state index contributed by atoms with van der Waals surface area (Å²) in [6.07, 6.45) is 1.46. The summed E-state index contributed by atoms with van der Waals surface area (Å²) in [5.41, 5.74) is 4.35. The van der Waals surface area contributed by atoms with E-state index in [-0.39, 0.29) is 5.69 Å². The fourth-order valence-corrected chi connectivity index (χ4v) is 2.22. The van der Waals surface area contributed by atoms with Gasteiger partial charge in [0.1, 0.15) is 0 Å². The van der Waals surface area contributed by atoms with Crippen LogP contribution in [0.5, 0.6) is 0 Å². The van der Waals surface area contributed by atoms with Gasteiger partial charge in [-0.3, -0.25) is 15.2 Å². The summed E-state index contributed by atoms with van der Waals surface area (Å²) in [5.74, 6) is 4.41. The van der Waals surface area contributed by atoms with Crippen LogP contribution in [0.25, 0.3) is 12.2 Å². The third-order valence-electron chi connectivity index (χ3n) is 3.44. The van der Waals surface area contributed by atoms with Gasteiger partial charge in [0.2, 0.25) is 6.41 Å². The first-order valence-electron chi connectivity index (χ1n) is 7.78. The first-order valence-corrected chi connectivity index (χ1v) is 7.78. The van der Waals surface area contributed by atoms with Crippen LogP contribution in [-0.4, -0.2) is 18.4 Å². The van der Waals surface area contributed by atoms with Crippen molar-refractivity contribution < 1.29 is 18.0 Å². The monoisotopic (exact) mass is 366 g/mol. The van der Waals surface area contributed by atoms with E-state index in [0.29, 0.717) is 6.41 Å². The number of nitrogens with one attached hydrogen (secondary N) is 2. The molecular weight excluding hydrogens is 345 g/mol. The van der Waals surface area contributed by atoms with E-state index in [2.05, 4.69) is 16.1 Å². The van der Waals surface area contributed by atoms with E-state index in [4.69, 9.17) is 4.79 Å². The standard InChI is InChI=1S/C17H17F3N2.CH4N2O/c1-3-12-5-4-6-16(21-2)15(12)8-7-14-11-13(9-10-22-14)17(18,19)20;2-3-1-4/h4-11,21H,3H2,1-2H3;1H,2H2,(H,3,4)/b8-7+;. The average Bonchev–Trinajstić information content (AvgIpc) is 2.65. The van der Waals surface area contributed by atoms with Gasteiger partial charge in [-0.25, -0.2) is 5.84 Å². The molecule has 0 saturated carbocycles. The van der Waals surface area contributed by atoms with E-state index in [1.807, 2.05) is 32.2 Å². The van der Waals surface area contributed by atoms with Crippen molar-refractivity contribution in [3.63, 3.8) is 0 Å². The Kier molecular flexibility index (Phi) is 8.30. The molecule has 0 atom stereocenters. The topological polar surface area (TPSA) is 80.0 Å². The van der Waals surface area contributed by atoms with Crippen LogP contribution >= 0.6 is 0 Å². The van der Waals surface area contributed by atoms with E-state index in [0.717, 1.165) is 35.4 Å². The predicted molar refractivity (Wildman–Crippen MR) is 96.9 cm³/mol. The minimum absolute atomic E-state index is 0.280. The summed E-state index contributed by atoms with van der Waals surface area (Å²) in [6, 6.07) is 7.89. The Bertz CT molecular complexity index is 723. The van der Waals surface area contributed by atoms with Gasteiger partial charge in [0, 0.05) is 24.5 Å². The Morgan fingerprint density at radius 2 is 1.92 bits per heavy atom. The lowest BCUT2D eigenvalue weighted by Gasteiger charge is -2.10. The van der Waals surface area contributed by atoms with Crippen molar-refractivity contribution in [2.24, 2.45) is 5.84 Å². The van der Waals surface area contributed by atoms with Crippen LogP contribution in [0.4, 0.5) is 18.9 Å². The number of carbonyl (C=O) groups excluding carboxylic acids is 1. The lowest BCUT2D eigenvalue weighted by Crippen LogP contribution is -2.18. The Labute approximate surface area is 150 Å². The van der Waals surface area contributed by atoms with Gasteiger partial charge in [0.25, 0.3) is 0 Å². The molecule has 0 spiro atoms. The molecule has 1 amide bonds. The lowest BCUT2D eigenvalue weighted by molar-refractivity contribution is -0.137. The number of nitrogens with zero attached hydrogens (tertiary/aromatic N) is 1. The molecule has 8 heteroatoms. The summed E-state index contributed by atoms with van der Waals surface area (Å²) in [5, 5.41) is 3.09. The molecule has 0 bridgehead atoms. The Balaban J connectivity index is 0.000000765. The second-order valence-electron chi connectivity index (χ2n) is 5.07. The normalized spacial score (nSPS) is 10.8. The molecule has 2 rings (SSSR count). The second kappa shape index (κ2) is 10.2. The maximum Gasteiger partial charge on any atom is 0.416 e. The van der Waals surface area contributed by atoms with Gasteiger partial charge in [0.05, 0.1) is 11.3 Å². The van der Waals surface area contributed by atoms with Crippen molar-refractivity contribution in [2.75, 3.05) is 12.4 Å². The maximum atomic E-state index is 12.7. The molecule has 1 aromatic carbocycles. The number of benzene rings is 1. The van der Waals surface area contributed by atoms with Gasteiger partial charge in [-0.2, -0.15) is 13.2 Å². The minimum atomic E-state index is -4.36. The zero-order valence-electron chi connectivity index (χ0n) is 14.5. The van der Waals surface area contributed by atoms with Gasteiger partial charge < -0.3 is 5.32 Å². The summed E-state index contributed by atoms with van der Waals surface area (Å²) in [4.78, 5) is 12.9. The molecule has 140 valence electrons. The SMILES string of the molecule is CCc1cccc(NC)c1/C=C/c1cc(C(F)(F)F)ccn1.NNC=O. The van der Waals surface area contributed by atoms with E-state index in [1.165, 1.54) is 6.20 Å². The van der Waals surface area contributed by atoms with E-state index in [1.54, 1.807) is 17.6 Å². The number of hydrazine groups is 1. The van der Waals surface area contributed by atoms with Crippen molar-refractivity contribution in [3.8, 4) is 0 Å². The third kappa shape index (κ3) is 6.21. The number of amides is 1. The van der Waals surface area contributed by atoms with Gasteiger partial charge in [-0.15, -0.1) is 0 Å². The van der Waals surface area contributed by atoms with E-state index >= 15 is 0 Å². The summed E-state index contributed by atoms with van der Waals surface area (Å²) in [6.45, 7) is 2.04. The number of rotatable bonds is 5. The van der Waals surface area contributed by atoms with Gasteiger partial charge >= 0.3 is 6.18 Å². The maximum absolute atomic E-state index is 12.7. The van der Waals surface area contributed by atoms with Crippen molar-refractivity contribution in [1.82, 2.24) is 10.4 Å². The van der Waals surface area contributed by atoms with Crippen LogP contribution in [0.2, 0.25) is 0 Å². The molecule has 4 N–H and O–H groups in total. The van der Waals surface area contributed by atoms with E-state index < -0.39 is 11.7 Å². The second-order valence-corrected chi connectivity index (χ2v) is 5.07. The quantitative estimate of drug-likeness (QED) is 0.328. The summed E-state index contributed by atoms with van der Waals surface area (Å²) >= 11 is 0. The van der Waals surface area contributed by atoms with Crippen LogP contribution in [0.15, 0.2) is 36.5 Å². The summed E-state index contributed by atoms with van der Waals surface area (Å²) in [7, 11) is 1.81.